The van der Waals surface area contributed by atoms with Crippen LogP contribution in [0.5, 0.6) is 0 Å². The molecule has 1 heterocycles. The van der Waals surface area contributed by atoms with Crippen LogP contribution in [0.3, 0.4) is 0 Å². The van der Waals surface area contributed by atoms with E-state index >= 15 is 0 Å². The molecule has 0 unspecified atom stereocenters. The summed E-state index contributed by atoms with van der Waals surface area (Å²) in [6, 6.07) is 7.76. The molecule has 0 aliphatic carbocycles. The Kier molecular flexibility index (Phi) is 5.47. The molecule has 1 aromatic carbocycles. The molecule has 4 nitrogen and oxygen atoms in total. The first-order valence-corrected chi connectivity index (χ1v) is 7.58. The number of anilines is 1. The van der Waals surface area contributed by atoms with Gasteiger partial charge in [-0.2, -0.15) is 0 Å². The van der Waals surface area contributed by atoms with Crippen molar-refractivity contribution in [1.82, 2.24) is 0 Å². The van der Waals surface area contributed by atoms with Crippen molar-refractivity contribution in [3.63, 3.8) is 0 Å². The van der Waals surface area contributed by atoms with Gasteiger partial charge in [-0.3, -0.25) is 4.79 Å². The molecular formula is C13H8Cl3NO3S. The van der Waals surface area contributed by atoms with E-state index < -0.39 is 18.5 Å². The number of nitrogens with one attached hydrogen (secondary N) is 1. The second kappa shape index (κ2) is 7.13. The SMILES string of the molecule is O=C(COC(=O)c1ccc(Cl)s1)Nc1cc(Cl)ccc1Cl. The fourth-order valence-electron chi connectivity index (χ4n) is 1.41. The Labute approximate surface area is 139 Å². The second-order valence-corrected chi connectivity index (χ2v) is 6.41. The van der Waals surface area contributed by atoms with Gasteiger partial charge in [-0.05, 0) is 30.3 Å². The molecule has 1 aromatic heterocycles. The molecule has 2 rings (SSSR count). The van der Waals surface area contributed by atoms with E-state index in [9.17, 15) is 9.59 Å². The lowest BCUT2D eigenvalue weighted by Crippen LogP contribution is -2.20. The molecule has 8 heteroatoms. The highest BCUT2D eigenvalue weighted by atomic mass is 35.5. The molecule has 0 bridgehead atoms. The minimum Gasteiger partial charge on any atom is -0.451 e. The number of benzene rings is 1. The number of halogens is 3. The average molecular weight is 365 g/mol. The lowest BCUT2D eigenvalue weighted by molar-refractivity contribution is -0.119. The van der Waals surface area contributed by atoms with Gasteiger partial charge < -0.3 is 10.1 Å². The molecule has 21 heavy (non-hydrogen) atoms. The standard InChI is InChI=1S/C13H8Cl3NO3S/c14-7-1-2-8(15)9(5-7)17-12(18)6-20-13(19)10-3-4-11(16)21-10/h1-5H,6H2,(H,17,18). The van der Waals surface area contributed by atoms with E-state index in [0.717, 1.165) is 11.3 Å². The molecule has 0 spiro atoms. The largest absolute Gasteiger partial charge is 0.451 e. The smallest absolute Gasteiger partial charge is 0.348 e. The van der Waals surface area contributed by atoms with Gasteiger partial charge in [0.25, 0.3) is 5.91 Å². The molecule has 1 amide bonds. The molecule has 0 aliphatic rings. The number of esters is 1. The first kappa shape index (κ1) is 16.1. The van der Waals surface area contributed by atoms with Gasteiger partial charge in [0.2, 0.25) is 0 Å². The quantitative estimate of drug-likeness (QED) is 0.812. The number of thiophene rings is 1. The van der Waals surface area contributed by atoms with Gasteiger partial charge >= 0.3 is 5.97 Å². The van der Waals surface area contributed by atoms with Crippen LogP contribution in [0, 0.1) is 0 Å². The Hall–Kier alpha value is -1.27. The highest BCUT2D eigenvalue weighted by Gasteiger charge is 2.13. The minimum absolute atomic E-state index is 0.327. The first-order valence-electron chi connectivity index (χ1n) is 5.63. The fraction of sp³-hybridized carbons (Fsp3) is 0.0769. The molecule has 0 atom stereocenters. The van der Waals surface area contributed by atoms with Crippen LogP contribution in [0.4, 0.5) is 5.69 Å². The third-order valence-electron chi connectivity index (χ3n) is 2.31. The van der Waals surface area contributed by atoms with Crippen LogP contribution in [0.15, 0.2) is 30.3 Å². The van der Waals surface area contributed by atoms with Crippen molar-refractivity contribution < 1.29 is 14.3 Å². The Balaban J connectivity index is 1.90. The monoisotopic (exact) mass is 363 g/mol. The van der Waals surface area contributed by atoms with Crippen molar-refractivity contribution in [1.29, 1.82) is 0 Å². The van der Waals surface area contributed by atoms with Gasteiger partial charge in [-0.15, -0.1) is 11.3 Å². The summed E-state index contributed by atoms with van der Waals surface area (Å²) in [5, 5.41) is 3.28. The van der Waals surface area contributed by atoms with Crippen molar-refractivity contribution in [3.05, 3.63) is 49.6 Å². The Morgan fingerprint density at radius 2 is 1.90 bits per heavy atom. The highest BCUT2D eigenvalue weighted by molar-refractivity contribution is 7.17. The van der Waals surface area contributed by atoms with Crippen molar-refractivity contribution >= 4 is 63.7 Å². The van der Waals surface area contributed by atoms with E-state index in [1.807, 2.05) is 0 Å². The molecule has 2 aromatic rings. The lowest BCUT2D eigenvalue weighted by atomic mass is 10.3. The normalized spacial score (nSPS) is 10.2. The van der Waals surface area contributed by atoms with E-state index in [1.54, 1.807) is 18.2 Å². The van der Waals surface area contributed by atoms with E-state index in [4.69, 9.17) is 39.5 Å². The van der Waals surface area contributed by atoms with Crippen LogP contribution >= 0.6 is 46.1 Å². The Bertz CT molecular complexity index is 687. The summed E-state index contributed by atoms with van der Waals surface area (Å²) >= 11 is 18.5. The summed E-state index contributed by atoms with van der Waals surface area (Å²) in [6.07, 6.45) is 0. The zero-order valence-corrected chi connectivity index (χ0v) is 13.4. The minimum atomic E-state index is -0.612. The van der Waals surface area contributed by atoms with Crippen LogP contribution in [0.25, 0.3) is 0 Å². The van der Waals surface area contributed by atoms with E-state index in [-0.39, 0.29) is 0 Å². The zero-order chi connectivity index (χ0) is 15.4. The van der Waals surface area contributed by atoms with Gasteiger partial charge in [-0.25, -0.2) is 4.79 Å². The van der Waals surface area contributed by atoms with Crippen molar-refractivity contribution in [2.24, 2.45) is 0 Å². The van der Waals surface area contributed by atoms with Crippen LogP contribution in [0.2, 0.25) is 14.4 Å². The summed E-state index contributed by atoms with van der Waals surface area (Å²) in [4.78, 5) is 23.7. The summed E-state index contributed by atoms with van der Waals surface area (Å²) in [5.41, 5.74) is 0.351. The molecule has 0 fully saturated rings. The first-order chi connectivity index (χ1) is 9.95. The van der Waals surface area contributed by atoms with Gasteiger partial charge in [0.1, 0.15) is 4.88 Å². The second-order valence-electron chi connectivity index (χ2n) is 3.85. The van der Waals surface area contributed by atoms with Gasteiger partial charge in [0.15, 0.2) is 6.61 Å². The van der Waals surface area contributed by atoms with Gasteiger partial charge in [-0.1, -0.05) is 34.8 Å². The Morgan fingerprint density at radius 1 is 1.14 bits per heavy atom. The van der Waals surface area contributed by atoms with Gasteiger partial charge in [0.05, 0.1) is 15.0 Å². The maximum absolute atomic E-state index is 11.7. The number of ether oxygens (including phenoxy) is 1. The third kappa shape index (κ3) is 4.61. The predicted octanol–water partition coefficient (Wildman–Crippen LogP) is 4.50. The van der Waals surface area contributed by atoms with E-state index in [1.165, 1.54) is 12.1 Å². The maximum atomic E-state index is 11.7. The van der Waals surface area contributed by atoms with E-state index in [2.05, 4.69) is 5.32 Å². The van der Waals surface area contributed by atoms with Crippen LogP contribution in [-0.4, -0.2) is 18.5 Å². The molecule has 1 N–H and O–H groups in total. The van der Waals surface area contributed by atoms with Gasteiger partial charge in [0, 0.05) is 5.02 Å². The summed E-state index contributed by atoms with van der Waals surface area (Å²) < 4.78 is 5.34. The molecule has 110 valence electrons. The number of carbonyl (C=O) groups is 2. The summed E-state index contributed by atoms with van der Waals surface area (Å²) in [6.45, 7) is -0.433. The summed E-state index contributed by atoms with van der Waals surface area (Å²) in [7, 11) is 0. The number of carbonyl (C=O) groups excluding carboxylic acids is 2. The topological polar surface area (TPSA) is 55.4 Å². The summed E-state index contributed by atoms with van der Waals surface area (Å²) in [5.74, 6) is -1.13. The van der Waals surface area contributed by atoms with Crippen LogP contribution in [0.1, 0.15) is 9.67 Å². The Morgan fingerprint density at radius 3 is 2.57 bits per heavy atom. The fourth-order valence-corrected chi connectivity index (χ4v) is 2.68. The zero-order valence-electron chi connectivity index (χ0n) is 10.4. The predicted molar refractivity (Wildman–Crippen MR) is 84.7 cm³/mol. The highest BCUT2D eigenvalue weighted by Crippen LogP contribution is 2.25. The molecule has 0 radical (unpaired) electrons. The van der Waals surface area contributed by atoms with E-state index in [0.29, 0.717) is 24.9 Å². The number of hydrogen-bond acceptors (Lipinski definition) is 4. The molecule has 0 aliphatic heterocycles. The van der Waals surface area contributed by atoms with Crippen molar-refractivity contribution in [2.45, 2.75) is 0 Å². The number of rotatable bonds is 4. The maximum Gasteiger partial charge on any atom is 0.348 e. The third-order valence-corrected chi connectivity index (χ3v) is 4.09. The van der Waals surface area contributed by atoms with Crippen molar-refractivity contribution in [3.8, 4) is 0 Å². The number of hydrogen-bond donors (Lipinski definition) is 1. The average Bonchev–Trinajstić information content (AvgIpc) is 2.87. The van der Waals surface area contributed by atoms with Crippen LogP contribution in [-0.2, 0) is 9.53 Å². The van der Waals surface area contributed by atoms with Crippen LogP contribution < -0.4 is 5.32 Å². The molecular weight excluding hydrogens is 357 g/mol. The van der Waals surface area contributed by atoms with Crippen molar-refractivity contribution in [2.75, 3.05) is 11.9 Å². The molecule has 0 saturated carbocycles. The molecule has 0 saturated heterocycles. The lowest BCUT2D eigenvalue weighted by Gasteiger charge is -2.08. The number of amides is 1.